The molecular formula is C10H15ClN4O2S2. The molecule has 1 aromatic rings. The highest BCUT2D eigenvalue weighted by molar-refractivity contribution is 8.01. The fourth-order valence-corrected chi connectivity index (χ4v) is 5.06. The van der Waals surface area contributed by atoms with Crippen molar-refractivity contribution in [2.24, 2.45) is 0 Å². The second-order valence-electron chi connectivity index (χ2n) is 4.07. The predicted molar refractivity (Wildman–Crippen MR) is 79.4 cm³/mol. The molecule has 0 radical (unpaired) electrons. The summed E-state index contributed by atoms with van der Waals surface area (Å²) in [4.78, 5) is 9.59. The Balaban J connectivity index is 2.42. The number of nitrogens with two attached hydrogens (primary N) is 1. The molecule has 0 bridgehead atoms. The number of sulfone groups is 1. The zero-order chi connectivity index (χ0) is 14.0. The van der Waals surface area contributed by atoms with Crippen LogP contribution in [0.3, 0.4) is 0 Å². The lowest BCUT2D eigenvalue weighted by Gasteiger charge is -2.35. The smallest absolute Gasteiger partial charge is 0.222 e. The van der Waals surface area contributed by atoms with Crippen LogP contribution in [0.15, 0.2) is 6.20 Å². The van der Waals surface area contributed by atoms with E-state index in [9.17, 15) is 8.42 Å². The molecule has 0 saturated carbocycles. The lowest BCUT2D eigenvalue weighted by Crippen LogP contribution is -2.48. The Kier molecular flexibility index (Phi) is 4.42. The summed E-state index contributed by atoms with van der Waals surface area (Å²) in [5, 5.41) is -0.291. The number of aromatic nitrogens is 2. The highest BCUT2D eigenvalue weighted by Crippen LogP contribution is 2.30. The maximum absolute atomic E-state index is 12.2. The van der Waals surface area contributed by atoms with Gasteiger partial charge < -0.3 is 10.6 Å². The van der Waals surface area contributed by atoms with Gasteiger partial charge in [-0.3, -0.25) is 0 Å². The average molecular weight is 323 g/mol. The van der Waals surface area contributed by atoms with Crippen LogP contribution in [0.25, 0.3) is 0 Å². The average Bonchev–Trinajstić information content (AvgIpc) is 2.41. The molecule has 1 fully saturated rings. The lowest BCUT2D eigenvalue weighted by atomic mass is 10.4. The summed E-state index contributed by atoms with van der Waals surface area (Å²) in [5.41, 5.74) is 5.56. The summed E-state index contributed by atoms with van der Waals surface area (Å²) in [6.45, 7) is 2.22. The number of thioether (sulfide) groups is 1. The van der Waals surface area contributed by atoms with Crippen LogP contribution < -0.4 is 10.6 Å². The molecular weight excluding hydrogens is 308 g/mol. The van der Waals surface area contributed by atoms with Crippen LogP contribution in [0.2, 0.25) is 5.02 Å². The Labute approximate surface area is 121 Å². The van der Waals surface area contributed by atoms with Gasteiger partial charge in [0, 0.05) is 23.8 Å². The number of hydrogen-bond donors (Lipinski definition) is 1. The maximum Gasteiger partial charge on any atom is 0.222 e. The fraction of sp³-hybridized carbons (Fsp3) is 0.600. The third-order valence-electron chi connectivity index (χ3n) is 2.92. The van der Waals surface area contributed by atoms with Gasteiger partial charge in [0.25, 0.3) is 0 Å². The topological polar surface area (TPSA) is 89.2 Å². The van der Waals surface area contributed by atoms with Crippen molar-refractivity contribution < 1.29 is 8.42 Å². The summed E-state index contributed by atoms with van der Waals surface area (Å²) in [6, 6.07) is 0. The summed E-state index contributed by atoms with van der Waals surface area (Å²) in [7, 11) is -3.20. The molecule has 19 heavy (non-hydrogen) atoms. The van der Waals surface area contributed by atoms with Gasteiger partial charge in [0.05, 0.1) is 6.20 Å². The van der Waals surface area contributed by atoms with Crippen molar-refractivity contribution >= 4 is 45.0 Å². The van der Waals surface area contributed by atoms with Crippen LogP contribution >= 0.6 is 23.4 Å². The van der Waals surface area contributed by atoms with E-state index in [1.54, 1.807) is 23.6 Å². The van der Waals surface area contributed by atoms with E-state index in [0.717, 1.165) is 5.75 Å². The number of hydrogen-bond acceptors (Lipinski definition) is 7. The van der Waals surface area contributed by atoms with Crippen LogP contribution in [0.4, 0.5) is 11.8 Å². The molecule has 2 N–H and O–H groups in total. The van der Waals surface area contributed by atoms with E-state index >= 15 is 0 Å². The lowest BCUT2D eigenvalue weighted by molar-refractivity contribution is 0.579. The number of nitrogens with zero attached hydrogens (tertiary/aromatic N) is 3. The minimum atomic E-state index is -3.20. The summed E-state index contributed by atoms with van der Waals surface area (Å²) in [6.07, 6.45) is 1.40. The second kappa shape index (κ2) is 5.72. The molecule has 1 aromatic heterocycles. The molecule has 1 atom stereocenters. The van der Waals surface area contributed by atoms with Crippen molar-refractivity contribution in [2.45, 2.75) is 12.3 Å². The van der Waals surface area contributed by atoms with Crippen molar-refractivity contribution in [2.75, 3.05) is 34.4 Å². The van der Waals surface area contributed by atoms with Crippen molar-refractivity contribution in [3.63, 3.8) is 0 Å². The first-order valence-corrected chi connectivity index (χ1v) is 9.04. The van der Waals surface area contributed by atoms with Crippen molar-refractivity contribution in [3.05, 3.63) is 11.2 Å². The Bertz CT molecular complexity index is 567. The molecule has 106 valence electrons. The van der Waals surface area contributed by atoms with E-state index in [0.29, 0.717) is 23.1 Å². The molecule has 2 rings (SSSR count). The molecule has 1 saturated heterocycles. The minimum Gasteiger partial charge on any atom is -0.368 e. The van der Waals surface area contributed by atoms with Gasteiger partial charge in [0.2, 0.25) is 5.95 Å². The fourth-order valence-electron chi connectivity index (χ4n) is 1.89. The molecule has 0 spiro atoms. The van der Waals surface area contributed by atoms with Crippen molar-refractivity contribution in [1.82, 2.24) is 9.97 Å². The van der Waals surface area contributed by atoms with Gasteiger partial charge in [0.15, 0.2) is 15.7 Å². The molecule has 9 heteroatoms. The van der Waals surface area contributed by atoms with Gasteiger partial charge >= 0.3 is 0 Å². The number of halogens is 1. The Morgan fingerprint density at radius 2 is 2.37 bits per heavy atom. The third kappa shape index (κ3) is 3.06. The third-order valence-corrected chi connectivity index (χ3v) is 6.47. The van der Waals surface area contributed by atoms with Crippen LogP contribution in [-0.2, 0) is 9.84 Å². The van der Waals surface area contributed by atoms with Crippen molar-refractivity contribution in [3.8, 4) is 0 Å². The van der Waals surface area contributed by atoms with E-state index in [1.807, 2.05) is 0 Å². The van der Waals surface area contributed by atoms with Crippen LogP contribution in [0, 0.1) is 0 Å². The van der Waals surface area contributed by atoms with E-state index in [2.05, 4.69) is 9.97 Å². The summed E-state index contributed by atoms with van der Waals surface area (Å²) < 4.78 is 24.3. The highest BCUT2D eigenvalue weighted by Gasteiger charge is 2.34. The van der Waals surface area contributed by atoms with E-state index in [4.69, 9.17) is 17.3 Å². The van der Waals surface area contributed by atoms with Crippen LogP contribution in [-0.4, -0.2) is 47.6 Å². The van der Waals surface area contributed by atoms with Gasteiger partial charge in [-0.2, -0.15) is 16.7 Å². The van der Waals surface area contributed by atoms with Gasteiger partial charge in [-0.15, -0.1) is 0 Å². The first-order chi connectivity index (χ1) is 8.95. The highest BCUT2D eigenvalue weighted by atomic mass is 35.5. The zero-order valence-electron chi connectivity index (χ0n) is 10.4. The van der Waals surface area contributed by atoms with Crippen LogP contribution in [0.1, 0.15) is 6.92 Å². The van der Waals surface area contributed by atoms with Crippen LogP contribution in [0.5, 0.6) is 0 Å². The first-order valence-electron chi connectivity index (χ1n) is 5.79. The molecule has 1 aliphatic heterocycles. The molecule has 0 amide bonds. The van der Waals surface area contributed by atoms with E-state index in [1.165, 1.54) is 6.20 Å². The summed E-state index contributed by atoms with van der Waals surface area (Å²) in [5.74, 6) is 1.92. The van der Waals surface area contributed by atoms with Gasteiger partial charge in [-0.25, -0.2) is 13.4 Å². The Morgan fingerprint density at radius 1 is 1.63 bits per heavy atom. The second-order valence-corrected chi connectivity index (χ2v) is 8.08. The van der Waals surface area contributed by atoms with Gasteiger partial charge in [-0.1, -0.05) is 18.5 Å². The number of nitrogen functional groups attached to an aromatic ring is 1. The molecule has 1 aliphatic rings. The Hall–Kier alpha value is -0.730. The maximum atomic E-state index is 12.2. The largest absolute Gasteiger partial charge is 0.368 e. The van der Waals surface area contributed by atoms with E-state index < -0.39 is 15.2 Å². The standard InChI is InChI=1S/C10H15ClN4O2S2/c1-2-19(16,17)8-6-18-4-3-15(8)9-7(11)5-13-10(12)14-9/h5,8H,2-4,6H2,1H3,(H2,12,13,14). The number of rotatable bonds is 3. The minimum absolute atomic E-state index is 0.0882. The summed E-state index contributed by atoms with van der Waals surface area (Å²) >= 11 is 7.68. The quantitative estimate of drug-likeness (QED) is 0.888. The number of anilines is 2. The SMILES string of the molecule is CCS(=O)(=O)C1CSCCN1c1nc(N)ncc1Cl. The predicted octanol–water partition coefficient (Wildman–Crippen LogP) is 1.03. The molecule has 0 aliphatic carbocycles. The molecule has 2 heterocycles. The molecule has 1 unspecified atom stereocenters. The molecule has 6 nitrogen and oxygen atoms in total. The van der Waals surface area contributed by atoms with Gasteiger partial charge in [-0.05, 0) is 0 Å². The molecule has 0 aromatic carbocycles. The normalized spacial score (nSPS) is 20.5. The zero-order valence-corrected chi connectivity index (χ0v) is 12.8. The monoisotopic (exact) mass is 322 g/mol. The Morgan fingerprint density at radius 3 is 3.05 bits per heavy atom. The van der Waals surface area contributed by atoms with Gasteiger partial charge in [0.1, 0.15) is 10.4 Å². The van der Waals surface area contributed by atoms with E-state index in [-0.39, 0.29) is 11.7 Å². The first kappa shape index (κ1) is 14.7. The van der Waals surface area contributed by atoms with Crippen molar-refractivity contribution in [1.29, 1.82) is 0 Å².